The molecular weight excluding hydrogens is 276 g/mol. The Bertz CT molecular complexity index is 752. The molecule has 2 aromatic heterocycles. The standard InChI is InChI=1S/C14H11ClN4O/c1-8-12(7-16-9(2)17-8)14-18-13(19-20-14)10-3-5-11(15)6-4-10/h3-7H,1-2H3. The van der Waals surface area contributed by atoms with E-state index in [1.54, 1.807) is 18.3 Å². The smallest absolute Gasteiger partial charge is 0.261 e. The summed E-state index contributed by atoms with van der Waals surface area (Å²) in [6, 6.07) is 7.26. The zero-order valence-corrected chi connectivity index (χ0v) is 11.7. The van der Waals surface area contributed by atoms with Crippen LogP contribution in [-0.4, -0.2) is 20.1 Å². The molecule has 0 N–H and O–H groups in total. The van der Waals surface area contributed by atoms with E-state index in [9.17, 15) is 0 Å². The molecule has 0 bridgehead atoms. The molecule has 0 saturated carbocycles. The van der Waals surface area contributed by atoms with E-state index in [1.165, 1.54) is 0 Å². The van der Waals surface area contributed by atoms with E-state index in [1.807, 2.05) is 26.0 Å². The topological polar surface area (TPSA) is 64.7 Å². The van der Waals surface area contributed by atoms with Gasteiger partial charge in [0.1, 0.15) is 5.82 Å². The summed E-state index contributed by atoms with van der Waals surface area (Å²) in [5, 5.41) is 4.64. The lowest BCUT2D eigenvalue weighted by Gasteiger charge is -1.99. The van der Waals surface area contributed by atoms with Gasteiger partial charge in [-0.15, -0.1) is 0 Å². The average molecular weight is 287 g/mol. The Labute approximate surface area is 120 Å². The first-order chi connectivity index (χ1) is 9.63. The molecular formula is C14H11ClN4O. The average Bonchev–Trinajstić information content (AvgIpc) is 2.89. The number of hydrogen-bond acceptors (Lipinski definition) is 5. The fourth-order valence-corrected chi connectivity index (χ4v) is 1.97. The number of benzene rings is 1. The first kappa shape index (κ1) is 12.7. The molecule has 5 nitrogen and oxygen atoms in total. The summed E-state index contributed by atoms with van der Waals surface area (Å²) in [7, 11) is 0. The lowest BCUT2D eigenvalue weighted by Crippen LogP contribution is -1.94. The first-order valence-corrected chi connectivity index (χ1v) is 6.41. The highest BCUT2D eigenvalue weighted by atomic mass is 35.5. The van der Waals surface area contributed by atoms with E-state index in [-0.39, 0.29) is 0 Å². The lowest BCUT2D eigenvalue weighted by molar-refractivity contribution is 0.431. The normalized spacial score (nSPS) is 10.8. The molecule has 1 aromatic carbocycles. The van der Waals surface area contributed by atoms with Gasteiger partial charge in [0.2, 0.25) is 5.82 Å². The third-order valence-electron chi connectivity index (χ3n) is 2.86. The molecule has 2 heterocycles. The number of aromatic nitrogens is 4. The molecule has 3 aromatic rings. The molecule has 0 aliphatic heterocycles. The highest BCUT2D eigenvalue weighted by Gasteiger charge is 2.13. The Morgan fingerprint density at radius 2 is 1.80 bits per heavy atom. The van der Waals surface area contributed by atoms with Crippen molar-refractivity contribution in [3.05, 3.63) is 47.0 Å². The maximum atomic E-state index is 5.86. The van der Waals surface area contributed by atoms with E-state index >= 15 is 0 Å². The van der Waals surface area contributed by atoms with Crippen LogP contribution in [0.5, 0.6) is 0 Å². The van der Waals surface area contributed by atoms with Crippen molar-refractivity contribution < 1.29 is 4.52 Å². The highest BCUT2D eigenvalue weighted by Crippen LogP contribution is 2.24. The Hall–Kier alpha value is -2.27. The van der Waals surface area contributed by atoms with Crippen molar-refractivity contribution in [2.24, 2.45) is 0 Å². The molecule has 0 fully saturated rings. The van der Waals surface area contributed by atoms with Crippen LogP contribution in [0.2, 0.25) is 5.02 Å². The van der Waals surface area contributed by atoms with Crippen LogP contribution >= 0.6 is 11.6 Å². The minimum Gasteiger partial charge on any atom is -0.333 e. The molecule has 0 aliphatic carbocycles. The van der Waals surface area contributed by atoms with Crippen LogP contribution in [0.4, 0.5) is 0 Å². The van der Waals surface area contributed by atoms with Gasteiger partial charge in [-0.2, -0.15) is 4.98 Å². The third kappa shape index (κ3) is 2.40. The molecule has 0 aliphatic rings. The van der Waals surface area contributed by atoms with Crippen LogP contribution in [0.3, 0.4) is 0 Å². The number of nitrogens with zero attached hydrogens (tertiary/aromatic N) is 4. The van der Waals surface area contributed by atoms with E-state index in [2.05, 4.69) is 20.1 Å². The summed E-state index contributed by atoms with van der Waals surface area (Å²) in [4.78, 5) is 12.8. The molecule has 0 atom stereocenters. The van der Waals surface area contributed by atoms with E-state index < -0.39 is 0 Å². The van der Waals surface area contributed by atoms with Crippen molar-refractivity contribution in [3.63, 3.8) is 0 Å². The monoisotopic (exact) mass is 286 g/mol. The van der Waals surface area contributed by atoms with Crippen LogP contribution in [0.1, 0.15) is 11.5 Å². The van der Waals surface area contributed by atoms with Gasteiger partial charge in [-0.25, -0.2) is 9.97 Å². The van der Waals surface area contributed by atoms with Crippen molar-refractivity contribution >= 4 is 11.6 Å². The van der Waals surface area contributed by atoms with Crippen molar-refractivity contribution in [3.8, 4) is 22.8 Å². The molecule has 0 saturated heterocycles. The van der Waals surface area contributed by atoms with Crippen molar-refractivity contribution in [1.82, 2.24) is 20.1 Å². The van der Waals surface area contributed by atoms with E-state index in [4.69, 9.17) is 16.1 Å². The predicted molar refractivity (Wildman–Crippen MR) is 75.2 cm³/mol. The van der Waals surface area contributed by atoms with Crippen LogP contribution in [-0.2, 0) is 0 Å². The van der Waals surface area contributed by atoms with Crippen LogP contribution in [0.25, 0.3) is 22.8 Å². The molecule has 0 unspecified atom stereocenters. The van der Waals surface area contributed by atoms with E-state index in [0.717, 1.165) is 16.8 Å². The van der Waals surface area contributed by atoms with Gasteiger partial charge in [0.05, 0.1) is 11.3 Å². The van der Waals surface area contributed by atoms with Gasteiger partial charge in [-0.3, -0.25) is 0 Å². The zero-order valence-electron chi connectivity index (χ0n) is 11.0. The lowest BCUT2D eigenvalue weighted by atomic mass is 10.2. The van der Waals surface area contributed by atoms with E-state index in [0.29, 0.717) is 22.6 Å². The maximum absolute atomic E-state index is 5.86. The molecule has 0 radical (unpaired) electrons. The Morgan fingerprint density at radius 3 is 2.50 bits per heavy atom. The number of rotatable bonds is 2. The Morgan fingerprint density at radius 1 is 1.05 bits per heavy atom. The number of halogens is 1. The molecule has 100 valence electrons. The second-order valence-corrected chi connectivity index (χ2v) is 4.78. The molecule has 0 spiro atoms. The Balaban J connectivity index is 1.99. The summed E-state index contributed by atoms with van der Waals surface area (Å²) < 4.78 is 5.28. The van der Waals surface area contributed by atoms with Crippen molar-refractivity contribution in [2.45, 2.75) is 13.8 Å². The second kappa shape index (κ2) is 5.02. The fourth-order valence-electron chi connectivity index (χ4n) is 1.84. The summed E-state index contributed by atoms with van der Waals surface area (Å²) in [5.74, 6) is 1.63. The number of hydrogen-bond donors (Lipinski definition) is 0. The van der Waals surface area contributed by atoms with Gasteiger partial charge >= 0.3 is 0 Å². The predicted octanol–water partition coefficient (Wildman–Crippen LogP) is 3.46. The molecule has 20 heavy (non-hydrogen) atoms. The quantitative estimate of drug-likeness (QED) is 0.722. The molecule has 3 rings (SSSR count). The van der Waals surface area contributed by atoms with Crippen LogP contribution < -0.4 is 0 Å². The van der Waals surface area contributed by atoms with Crippen LogP contribution in [0, 0.1) is 13.8 Å². The minimum absolute atomic E-state index is 0.410. The fraction of sp³-hybridized carbons (Fsp3) is 0.143. The molecule has 6 heteroatoms. The first-order valence-electron chi connectivity index (χ1n) is 6.04. The Kier molecular flexibility index (Phi) is 3.20. The summed E-state index contributed by atoms with van der Waals surface area (Å²) >= 11 is 5.86. The van der Waals surface area contributed by atoms with Gasteiger partial charge in [0, 0.05) is 16.8 Å². The van der Waals surface area contributed by atoms with Crippen molar-refractivity contribution in [2.75, 3.05) is 0 Å². The maximum Gasteiger partial charge on any atom is 0.261 e. The summed E-state index contributed by atoms with van der Waals surface area (Å²) in [6.45, 7) is 3.72. The van der Waals surface area contributed by atoms with Gasteiger partial charge < -0.3 is 4.52 Å². The third-order valence-corrected chi connectivity index (χ3v) is 3.11. The second-order valence-electron chi connectivity index (χ2n) is 4.35. The van der Waals surface area contributed by atoms with Crippen LogP contribution in [0.15, 0.2) is 35.0 Å². The van der Waals surface area contributed by atoms with Gasteiger partial charge in [0.15, 0.2) is 0 Å². The largest absolute Gasteiger partial charge is 0.333 e. The van der Waals surface area contributed by atoms with Gasteiger partial charge in [-0.1, -0.05) is 16.8 Å². The zero-order chi connectivity index (χ0) is 14.1. The summed E-state index contributed by atoms with van der Waals surface area (Å²) in [6.07, 6.45) is 1.69. The number of aryl methyl sites for hydroxylation is 2. The molecule has 0 amide bonds. The van der Waals surface area contributed by atoms with Gasteiger partial charge in [0.25, 0.3) is 5.89 Å². The SMILES string of the molecule is Cc1ncc(-c2nc(-c3ccc(Cl)cc3)no2)c(C)n1. The minimum atomic E-state index is 0.410. The van der Waals surface area contributed by atoms with Crippen molar-refractivity contribution in [1.29, 1.82) is 0 Å². The summed E-state index contributed by atoms with van der Waals surface area (Å²) in [5.41, 5.74) is 2.39. The highest BCUT2D eigenvalue weighted by molar-refractivity contribution is 6.30. The van der Waals surface area contributed by atoms with Gasteiger partial charge in [-0.05, 0) is 38.1 Å².